The molecule has 0 atom stereocenters. The third kappa shape index (κ3) is 4.67. The van der Waals surface area contributed by atoms with Crippen LogP contribution in [0.3, 0.4) is 0 Å². The summed E-state index contributed by atoms with van der Waals surface area (Å²) in [6, 6.07) is 0. The standard InChI is InChI=1S/C11H11Cl5N2S2/c1-3-18(4-2)10(19)20-8-6(12)5-17-9(7(8)13)11(14,15)16/h5H,3-4H2,1-2H3. The Morgan fingerprint density at radius 1 is 1.30 bits per heavy atom. The van der Waals surface area contributed by atoms with Crippen molar-refractivity contribution in [3.05, 3.63) is 21.9 Å². The van der Waals surface area contributed by atoms with E-state index in [1.807, 2.05) is 18.7 Å². The molecule has 0 fully saturated rings. The minimum atomic E-state index is -1.71. The summed E-state index contributed by atoms with van der Waals surface area (Å²) in [6.45, 7) is 5.61. The molecule has 2 nitrogen and oxygen atoms in total. The molecule has 1 aromatic rings. The molecule has 1 heterocycles. The number of hydrogen-bond acceptors (Lipinski definition) is 3. The zero-order valence-electron chi connectivity index (χ0n) is 10.6. The SMILES string of the molecule is CCN(CC)C(=S)Sc1c(Cl)cnc(C(Cl)(Cl)Cl)c1Cl. The molecule has 0 aliphatic heterocycles. The fourth-order valence-corrected chi connectivity index (χ4v) is 4.07. The highest BCUT2D eigenvalue weighted by molar-refractivity contribution is 8.23. The van der Waals surface area contributed by atoms with Gasteiger partial charge in [0.2, 0.25) is 3.79 Å². The van der Waals surface area contributed by atoms with Gasteiger partial charge < -0.3 is 4.90 Å². The summed E-state index contributed by atoms with van der Waals surface area (Å²) in [7, 11) is 0. The molecule has 0 radical (unpaired) electrons. The van der Waals surface area contributed by atoms with Gasteiger partial charge in [-0.05, 0) is 13.8 Å². The monoisotopic (exact) mass is 410 g/mol. The summed E-state index contributed by atoms with van der Waals surface area (Å²) in [4.78, 5) is 6.52. The van der Waals surface area contributed by atoms with Gasteiger partial charge in [-0.1, -0.05) is 82.0 Å². The van der Waals surface area contributed by atoms with Crippen LogP contribution in [0.5, 0.6) is 0 Å². The van der Waals surface area contributed by atoms with Crippen LogP contribution in [0, 0.1) is 0 Å². The first-order valence-electron chi connectivity index (χ1n) is 5.60. The first-order chi connectivity index (χ1) is 9.22. The topological polar surface area (TPSA) is 16.1 Å². The molecule has 0 spiro atoms. The zero-order valence-corrected chi connectivity index (χ0v) is 16.0. The smallest absolute Gasteiger partial charge is 0.234 e. The lowest BCUT2D eigenvalue weighted by atomic mass is 10.4. The third-order valence-corrected chi connectivity index (χ3v) is 5.40. The second-order valence-corrected chi connectivity index (χ2v) is 8.35. The molecule has 1 rings (SSSR count). The molecule has 0 aliphatic rings. The number of aromatic nitrogens is 1. The van der Waals surface area contributed by atoms with Crippen LogP contribution in [0.4, 0.5) is 0 Å². The largest absolute Gasteiger partial charge is 0.358 e. The highest BCUT2D eigenvalue weighted by Gasteiger charge is 2.30. The van der Waals surface area contributed by atoms with Crippen molar-refractivity contribution < 1.29 is 0 Å². The van der Waals surface area contributed by atoms with Crippen molar-refractivity contribution in [2.24, 2.45) is 0 Å². The van der Waals surface area contributed by atoms with Crippen molar-refractivity contribution >= 4 is 86.3 Å². The van der Waals surface area contributed by atoms with Gasteiger partial charge in [0.1, 0.15) is 10.0 Å². The van der Waals surface area contributed by atoms with E-state index < -0.39 is 3.79 Å². The summed E-state index contributed by atoms with van der Waals surface area (Å²) in [5, 5.41) is 0.574. The van der Waals surface area contributed by atoms with Crippen molar-refractivity contribution in [1.82, 2.24) is 9.88 Å². The molecular formula is C11H11Cl5N2S2. The predicted octanol–water partition coefficient (Wildman–Crippen LogP) is 5.93. The van der Waals surface area contributed by atoms with Crippen molar-refractivity contribution in [2.75, 3.05) is 13.1 Å². The normalized spacial score (nSPS) is 11.6. The molecule has 112 valence electrons. The Labute approximate surface area is 153 Å². The van der Waals surface area contributed by atoms with E-state index >= 15 is 0 Å². The number of nitrogens with zero attached hydrogens (tertiary/aromatic N) is 2. The van der Waals surface area contributed by atoms with Gasteiger partial charge in [0.15, 0.2) is 0 Å². The number of hydrogen-bond donors (Lipinski definition) is 0. The van der Waals surface area contributed by atoms with E-state index in [2.05, 4.69) is 4.98 Å². The first kappa shape index (κ1) is 18.9. The van der Waals surface area contributed by atoms with Gasteiger partial charge in [-0.2, -0.15) is 0 Å². The molecular weight excluding hydrogens is 402 g/mol. The Morgan fingerprint density at radius 3 is 2.30 bits per heavy atom. The minimum Gasteiger partial charge on any atom is -0.358 e. The second kappa shape index (κ2) is 7.91. The minimum absolute atomic E-state index is 0.137. The van der Waals surface area contributed by atoms with Crippen LogP contribution in [0.25, 0.3) is 0 Å². The molecule has 0 amide bonds. The Hall–Kier alpha value is 0.840. The number of halogens is 5. The molecule has 1 aromatic heterocycles. The first-order valence-corrected chi connectivity index (χ1v) is 8.71. The maximum Gasteiger partial charge on any atom is 0.234 e. The van der Waals surface area contributed by atoms with Gasteiger partial charge in [-0.25, -0.2) is 0 Å². The molecule has 9 heteroatoms. The summed E-state index contributed by atoms with van der Waals surface area (Å²) in [5.74, 6) is 0. The molecule has 0 saturated carbocycles. The van der Waals surface area contributed by atoms with Gasteiger partial charge in [-0.15, -0.1) is 0 Å². The maximum absolute atomic E-state index is 6.23. The van der Waals surface area contributed by atoms with Gasteiger partial charge in [0.05, 0.1) is 14.9 Å². The lowest BCUT2D eigenvalue weighted by molar-refractivity contribution is 0.482. The number of rotatable bonds is 3. The quantitative estimate of drug-likeness (QED) is 0.347. The highest BCUT2D eigenvalue weighted by Crippen LogP contribution is 2.45. The average Bonchev–Trinajstić information content (AvgIpc) is 2.34. The van der Waals surface area contributed by atoms with Crippen LogP contribution in [-0.4, -0.2) is 27.3 Å². The number of alkyl halides is 3. The van der Waals surface area contributed by atoms with Crippen LogP contribution >= 0.6 is 82.0 Å². The molecule has 20 heavy (non-hydrogen) atoms. The van der Waals surface area contributed by atoms with E-state index in [4.69, 9.17) is 70.2 Å². The summed E-state index contributed by atoms with van der Waals surface area (Å²) in [5.41, 5.74) is 0.137. The summed E-state index contributed by atoms with van der Waals surface area (Å²) >= 11 is 36.5. The fraction of sp³-hybridized carbons (Fsp3) is 0.455. The van der Waals surface area contributed by atoms with Crippen LogP contribution in [0.2, 0.25) is 10.0 Å². The van der Waals surface area contributed by atoms with E-state index in [-0.39, 0.29) is 10.7 Å². The van der Waals surface area contributed by atoms with Crippen LogP contribution in [0.1, 0.15) is 19.5 Å². The molecule has 0 unspecified atom stereocenters. The Balaban J connectivity index is 3.16. The Bertz CT molecular complexity index is 500. The Kier molecular flexibility index (Phi) is 7.47. The van der Waals surface area contributed by atoms with Gasteiger partial charge in [-0.3, -0.25) is 4.98 Å². The lowest BCUT2D eigenvalue weighted by Gasteiger charge is -2.22. The zero-order chi connectivity index (χ0) is 15.5. The Morgan fingerprint density at radius 2 is 1.85 bits per heavy atom. The van der Waals surface area contributed by atoms with Crippen LogP contribution in [-0.2, 0) is 3.79 Å². The van der Waals surface area contributed by atoms with E-state index in [1.54, 1.807) is 0 Å². The average molecular weight is 413 g/mol. The van der Waals surface area contributed by atoms with Crippen molar-refractivity contribution in [1.29, 1.82) is 0 Å². The molecule has 0 saturated heterocycles. The number of thioether (sulfide) groups is 1. The molecule has 0 aromatic carbocycles. The predicted molar refractivity (Wildman–Crippen MR) is 94.9 cm³/mol. The van der Waals surface area contributed by atoms with Gasteiger partial charge in [0.25, 0.3) is 0 Å². The maximum atomic E-state index is 6.23. The molecule has 0 N–H and O–H groups in total. The summed E-state index contributed by atoms with van der Waals surface area (Å²) in [6.07, 6.45) is 1.40. The van der Waals surface area contributed by atoms with Crippen molar-refractivity contribution in [2.45, 2.75) is 22.5 Å². The van der Waals surface area contributed by atoms with Gasteiger partial charge in [0, 0.05) is 19.3 Å². The molecule has 0 bridgehead atoms. The van der Waals surface area contributed by atoms with Crippen molar-refractivity contribution in [3.63, 3.8) is 0 Å². The van der Waals surface area contributed by atoms with Crippen LogP contribution in [0.15, 0.2) is 11.1 Å². The van der Waals surface area contributed by atoms with E-state index in [1.165, 1.54) is 18.0 Å². The lowest BCUT2D eigenvalue weighted by Crippen LogP contribution is -2.26. The van der Waals surface area contributed by atoms with Crippen LogP contribution < -0.4 is 0 Å². The second-order valence-electron chi connectivity index (χ2n) is 3.64. The molecule has 0 aliphatic carbocycles. The van der Waals surface area contributed by atoms with Gasteiger partial charge >= 0.3 is 0 Å². The fourth-order valence-electron chi connectivity index (χ4n) is 1.37. The van der Waals surface area contributed by atoms with E-state index in [0.717, 1.165) is 13.1 Å². The van der Waals surface area contributed by atoms with Crippen molar-refractivity contribution in [3.8, 4) is 0 Å². The number of thiocarbonyl (C=S) groups is 1. The summed E-state index contributed by atoms with van der Waals surface area (Å²) < 4.78 is -1.06. The van der Waals surface area contributed by atoms with E-state index in [9.17, 15) is 0 Å². The van der Waals surface area contributed by atoms with E-state index in [0.29, 0.717) is 14.2 Å². The highest BCUT2D eigenvalue weighted by atomic mass is 35.6. The number of pyridine rings is 1. The third-order valence-electron chi connectivity index (χ3n) is 2.41.